The summed E-state index contributed by atoms with van der Waals surface area (Å²) in [5.41, 5.74) is 2.15. The van der Waals surface area contributed by atoms with E-state index in [1.165, 1.54) is 24.3 Å². The highest BCUT2D eigenvalue weighted by Gasteiger charge is 2.13. The van der Waals surface area contributed by atoms with Gasteiger partial charge in [-0.25, -0.2) is 27.3 Å². The minimum absolute atomic E-state index is 0.00438. The Morgan fingerprint density at radius 1 is 1.03 bits per heavy atom. The fraction of sp³-hybridized carbons (Fsp3) is 0.0476. The number of nitrogens with zero attached hydrogens (tertiary/aromatic N) is 1. The number of benzene rings is 3. The number of nitrogens with two attached hydrogens (primary N) is 1. The van der Waals surface area contributed by atoms with Crippen LogP contribution in [0.25, 0.3) is 22.4 Å². The van der Waals surface area contributed by atoms with Gasteiger partial charge in [0.25, 0.3) is 0 Å². The molecule has 0 aliphatic rings. The molecular formula is C21H16F2N4O3S. The Kier molecular flexibility index (Phi) is 5.25. The maximum Gasteiger partial charge on any atom is 0.238 e. The minimum atomic E-state index is -3.79. The van der Waals surface area contributed by atoms with E-state index in [0.717, 1.165) is 18.2 Å². The Balaban J connectivity index is 1.51. The Morgan fingerprint density at radius 3 is 2.48 bits per heavy atom. The molecule has 7 nitrogen and oxygen atoms in total. The van der Waals surface area contributed by atoms with Crippen molar-refractivity contribution in [1.29, 1.82) is 0 Å². The van der Waals surface area contributed by atoms with Crippen LogP contribution in [0, 0.1) is 11.6 Å². The number of aromatic amines is 1. The zero-order valence-corrected chi connectivity index (χ0v) is 16.7. The van der Waals surface area contributed by atoms with Gasteiger partial charge in [-0.05, 0) is 54.1 Å². The Bertz CT molecular complexity index is 1400. The third-order valence-corrected chi connectivity index (χ3v) is 5.49. The van der Waals surface area contributed by atoms with Crippen molar-refractivity contribution in [1.82, 2.24) is 9.97 Å². The van der Waals surface area contributed by atoms with Crippen LogP contribution < -0.4 is 10.5 Å². The van der Waals surface area contributed by atoms with Crippen LogP contribution in [0.1, 0.15) is 5.56 Å². The van der Waals surface area contributed by atoms with Gasteiger partial charge in [0.15, 0.2) is 0 Å². The zero-order chi connectivity index (χ0) is 22.2. The molecule has 158 valence electrons. The molecule has 3 aromatic carbocycles. The van der Waals surface area contributed by atoms with E-state index in [9.17, 15) is 22.0 Å². The summed E-state index contributed by atoms with van der Waals surface area (Å²) in [6.07, 6.45) is 0.0195. The van der Waals surface area contributed by atoms with Crippen LogP contribution in [0.15, 0.2) is 65.6 Å². The van der Waals surface area contributed by atoms with E-state index in [4.69, 9.17) is 5.14 Å². The van der Waals surface area contributed by atoms with Gasteiger partial charge in [-0.1, -0.05) is 12.1 Å². The molecule has 0 spiro atoms. The molecular weight excluding hydrogens is 426 g/mol. The molecule has 0 unspecified atom stereocenters. The average Bonchev–Trinajstić information content (AvgIpc) is 3.12. The predicted molar refractivity (Wildman–Crippen MR) is 112 cm³/mol. The first-order valence-electron chi connectivity index (χ1n) is 9.06. The van der Waals surface area contributed by atoms with Crippen LogP contribution in [-0.2, 0) is 21.2 Å². The molecule has 0 saturated carbocycles. The van der Waals surface area contributed by atoms with Crippen molar-refractivity contribution in [3.63, 3.8) is 0 Å². The largest absolute Gasteiger partial charge is 0.338 e. The van der Waals surface area contributed by atoms with Gasteiger partial charge in [-0.15, -0.1) is 0 Å². The normalized spacial score (nSPS) is 11.6. The molecule has 4 N–H and O–H groups in total. The van der Waals surface area contributed by atoms with E-state index in [2.05, 4.69) is 15.3 Å². The highest BCUT2D eigenvalue weighted by atomic mass is 32.2. The number of primary sulfonamides is 1. The Hall–Kier alpha value is -3.63. The van der Waals surface area contributed by atoms with Crippen LogP contribution in [0.3, 0.4) is 0 Å². The second-order valence-electron chi connectivity index (χ2n) is 6.86. The number of rotatable bonds is 5. The van der Waals surface area contributed by atoms with Gasteiger partial charge in [-0.3, -0.25) is 4.79 Å². The lowest BCUT2D eigenvalue weighted by Gasteiger charge is -2.06. The fourth-order valence-electron chi connectivity index (χ4n) is 3.08. The summed E-state index contributed by atoms with van der Waals surface area (Å²) in [7, 11) is -3.79. The average molecular weight is 442 g/mol. The van der Waals surface area contributed by atoms with Gasteiger partial charge in [-0.2, -0.15) is 0 Å². The van der Waals surface area contributed by atoms with Crippen molar-refractivity contribution in [2.24, 2.45) is 5.14 Å². The number of carbonyl (C=O) groups is 1. The van der Waals surface area contributed by atoms with E-state index in [1.807, 2.05) is 0 Å². The SMILES string of the molecule is NS(=O)(=O)c1ccc(CC(=O)Nc2ccc3nc(-c4cc(F)ccc4F)[nH]c3c2)cc1. The van der Waals surface area contributed by atoms with Crippen LogP contribution in [0.4, 0.5) is 14.5 Å². The van der Waals surface area contributed by atoms with Crippen LogP contribution in [0.5, 0.6) is 0 Å². The van der Waals surface area contributed by atoms with Crippen molar-refractivity contribution >= 4 is 32.7 Å². The first-order valence-corrected chi connectivity index (χ1v) is 10.6. The van der Waals surface area contributed by atoms with Crippen LogP contribution in [-0.4, -0.2) is 24.3 Å². The maximum absolute atomic E-state index is 14.0. The summed E-state index contributed by atoms with van der Waals surface area (Å²) in [4.78, 5) is 19.5. The van der Waals surface area contributed by atoms with E-state index in [0.29, 0.717) is 22.3 Å². The first kappa shape index (κ1) is 20.6. The molecule has 0 atom stereocenters. The predicted octanol–water partition coefficient (Wildman–Crippen LogP) is 3.34. The molecule has 0 aliphatic heterocycles. The molecule has 0 radical (unpaired) electrons. The lowest BCUT2D eigenvalue weighted by Crippen LogP contribution is -2.15. The lowest BCUT2D eigenvalue weighted by molar-refractivity contribution is -0.115. The quantitative estimate of drug-likeness (QED) is 0.439. The smallest absolute Gasteiger partial charge is 0.238 e. The number of carbonyl (C=O) groups excluding carboxylic acids is 1. The first-order chi connectivity index (χ1) is 14.7. The maximum atomic E-state index is 14.0. The molecule has 31 heavy (non-hydrogen) atoms. The van der Waals surface area contributed by atoms with Gasteiger partial charge in [0.2, 0.25) is 15.9 Å². The molecule has 0 saturated heterocycles. The number of halogens is 2. The molecule has 1 amide bonds. The Labute approximate surface area is 176 Å². The zero-order valence-electron chi connectivity index (χ0n) is 15.9. The molecule has 1 aromatic heterocycles. The second kappa shape index (κ2) is 7.89. The number of anilines is 1. The monoisotopic (exact) mass is 442 g/mol. The highest BCUT2D eigenvalue weighted by Crippen LogP contribution is 2.25. The third-order valence-electron chi connectivity index (χ3n) is 4.57. The van der Waals surface area contributed by atoms with Crippen molar-refractivity contribution in [3.8, 4) is 11.4 Å². The summed E-state index contributed by atoms with van der Waals surface area (Å²) in [6.45, 7) is 0. The molecule has 4 aromatic rings. The number of imidazole rings is 1. The molecule has 0 aliphatic carbocycles. The van der Waals surface area contributed by atoms with Crippen LogP contribution >= 0.6 is 0 Å². The fourth-order valence-corrected chi connectivity index (χ4v) is 3.60. The lowest BCUT2D eigenvalue weighted by atomic mass is 10.1. The summed E-state index contributed by atoms with van der Waals surface area (Å²) in [6, 6.07) is 13.7. The second-order valence-corrected chi connectivity index (χ2v) is 8.42. The summed E-state index contributed by atoms with van der Waals surface area (Å²) >= 11 is 0. The third kappa shape index (κ3) is 4.60. The summed E-state index contributed by atoms with van der Waals surface area (Å²) < 4.78 is 50.1. The molecule has 4 rings (SSSR count). The van der Waals surface area contributed by atoms with E-state index < -0.39 is 21.7 Å². The van der Waals surface area contributed by atoms with Gasteiger partial charge in [0, 0.05) is 5.69 Å². The molecule has 0 fully saturated rings. The summed E-state index contributed by atoms with van der Waals surface area (Å²) in [5, 5.41) is 7.79. The van der Waals surface area contributed by atoms with E-state index in [1.54, 1.807) is 18.2 Å². The van der Waals surface area contributed by atoms with Crippen molar-refractivity contribution in [2.75, 3.05) is 5.32 Å². The van der Waals surface area contributed by atoms with E-state index in [-0.39, 0.29) is 28.6 Å². The number of hydrogen-bond donors (Lipinski definition) is 3. The number of sulfonamides is 1. The number of nitrogens with one attached hydrogen (secondary N) is 2. The summed E-state index contributed by atoms with van der Waals surface area (Å²) in [5.74, 6) is -1.34. The van der Waals surface area contributed by atoms with Crippen LogP contribution in [0.2, 0.25) is 0 Å². The number of fused-ring (bicyclic) bond motifs is 1. The van der Waals surface area contributed by atoms with Crippen molar-refractivity contribution in [3.05, 3.63) is 77.9 Å². The number of H-pyrrole nitrogens is 1. The Morgan fingerprint density at radius 2 is 1.77 bits per heavy atom. The minimum Gasteiger partial charge on any atom is -0.338 e. The highest BCUT2D eigenvalue weighted by molar-refractivity contribution is 7.89. The number of amides is 1. The molecule has 0 bridgehead atoms. The number of hydrogen-bond acceptors (Lipinski definition) is 4. The van der Waals surface area contributed by atoms with Crippen molar-refractivity contribution < 1.29 is 22.0 Å². The number of aromatic nitrogens is 2. The van der Waals surface area contributed by atoms with Crippen molar-refractivity contribution in [2.45, 2.75) is 11.3 Å². The van der Waals surface area contributed by atoms with Gasteiger partial charge in [0.05, 0.1) is 27.9 Å². The topological polar surface area (TPSA) is 118 Å². The van der Waals surface area contributed by atoms with Gasteiger partial charge >= 0.3 is 0 Å². The molecule has 1 heterocycles. The van der Waals surface area contributed by atoms with E-state index >= 15 is 0 Å². The molecule has 10 heteroatoms. The van der Waals surface area contributed by atoms with Gasteiger partial charge < -0.3 is 10.3 Å². The van der Waals surface area contributed by atoms with Gasteiger partial charge in [0.1, 0.15) is 17.5 Å². The standard InChI is InChI=1S/C21H16F2N4O3S/c22-13-3-7-17(23)16(10-13)21-26-18-8-4-14(11-19(18)27-21)25-20(28)9-12-1-5-15(6-2-12)31(24,29)30/h1-8,10-11H,9H2,(H,25,28)(H,26,27)(H2,24,29,30).